The van der Waals surface area contributed by atoms with Crippen molar-refractivity contribution >= 4 is 11.8 Å². The van der Waals surface area contributed by atoms with Gasteiger partial charge in [0.05, 0.1) is 12.2 Å². The molecule has 4 N–H and O–H groups in total. The van der Waals surface area contributed by atoms with Crippen molar-refractivity contribution in [3.8, 4) is 11.8 Å². The zero-order valence-corrected chi connectivity index (χ0v) is 12.5. The van der Waals surface area contributed by atoms with Gasteiger partial charge in [0.2, 0.25) is 5.91 Å². The molecule has 5 nitrogen and oxygen atoms in total. The number of aryl methyl sites for hydroxylation is 1. The second kappa shape index (κ2) is 6.91. The molecule has 0 unspecified atom stereocenters. The second-order valence-electron chi connectivity index (χ2n) is 5.27. The van der Waals surface area contributed by atoms with Crippen molar-refractivity contribution in [1.29, 1.82) is 0 Å². The van der Waals surface area contributed by atoms with Crippen LogP contribution in [0.15, 0.2) is 18.2 Å². The molecule has 112 valence electrons. The summed E-state index contributed by atoms with van der Waals surface area (Å²) in [6, 6.07) is 5.24. The molecule has 0 fully saturated rings. The number of primary amides is 1. The number of nitrogens with two attached hydrogens (primary N) is 1. The molecule has 0 aliphatic carbocycles. The first-order chi connectivity index (χ1) is 9.77. The molecule has 2 amide bonds. The number of nitrogens with one attached hydrogen (secondary N) is 1. The Bertz CT molecular complexity index is 610. The van der Waals surface area contributed by atoms with E-state index in [0.29, 0.717) is 17.5 Å². The average Bonchev–Trinajstić information content (AvgIpc) is 2.38. The largest absolute Gasteiger partial charge is 0.395 e. The van der Waals surface area contributed by atoms with Crippen LogP contribution in [0.1, 0.15) is 41.8 Å². The van der Waals surface area contributed by atoms with Crippen molar-refractivity contribution in [1.82, 2.24) is 5.32 Å². The number of aliphatic hydroxyl groups excluding tert-OH is 1. The maximum Gasteiger partial charge on any atom is 0.253 e. The predicted molar refractivity (Wildman–Crippen MR) is 80.5 cm³/mol. The smallest absolute Gasteiger partial charge is 0.253 e. The molecule has 0 atom stereocenters. The molecule has 0 bridgehead atoms. The molecule has 21 heavy (non-hydrogen) atoms. The standard InChI is InChI=1S/C16H20N2O3/c1-11-7-8-13(12(10-11)6-4-5-9-19)14(20)18-16(2,3)15(17)21/h7-8,10,19H,5,9H2,1-3H3,(H2,17,21)(H,18,20). The van der Waals surface area contributed by atoms with E-state index in [9.17, 15) is 9.59 Å². The number of rotatable bonds is 4. The van der Waals surface area contributed by atoms with Gasteiger partial charge >= 0.3 is 0 Å². The van der Waals surface area contributed by atoms with Gasteiger partial charge in [-0.25, -0.2) is 0 Å². The van der Waals surface area contributed by atoms with E-state index in [2.05, 4.69) is 17.2 Å². The van der Waals surface area contributed by atoms with Gasteiger partial charge in [0.25, 0.3) is 5.91 Å². The average molecular weight is 288 g/mol. The normalized spacial score (nSPS) is 10.5. The van der Waals surface area contributed by atoms with Crippen molar-refractivity contribution in [2.75, 3.05) is 6.61 Å². The first-order valence-electron chi connectivity index (χ1n) is 6.60. The van der Waals surface area contributed by atoms with E-state index < -0.39 is 17.4 Å². The molecule has 0 radical (unpaired) electrons. The summed E-state index contributed by atoms with van der Waals surface area (Å²) in [5, 5.41) is 11.3. The van der Waals surface area contributed by atoms with E-state index in [-0.39, 0.29) is 6.61 Å². The van der Waals surface area contributed by atoms with Crippen LogP contribution in [0.2, 0.25) is 0 Å². The number of hydrogen-bond donors (Lipinski definition) is 3. The summed E-state index contributed by atoms with van der Waals surface area (Å²) in [4.78, 5) is 23.6. The Hall–Kier alpha value is -2.32. The molecule has 0 aromatic heterocycles. The lowest BCUT2D eigenvalue weighted by molar-refractivity contribution is -0.122. The molecule has 0 aliphatic rings. The lowest BCUT2D eigenvalue weighted by Gasteiger charge is -2.22. The van der Waals surface area contributed by atoms with Crippen molar-refractivity contribution in [3.05, 3.63) is 34.9 Å². The first kappa shape index (κ1) is 16.7. The van der Waals surface area contributed by atoms with E-state index in [1.54, 1.807) is 32.0 Å². The summed E-state index contributed by atoms with van der Waals surface area (Å²) >= 11 is 0. The SMILES string of the molecule is Cc1ccc(C(=O)NC(C)(C)C(N)=O)c(C#CCCO)c1. The monoisotopic (exact) mass is 288 g/mol. The summed E-state index contributed by atoms with van der Waals surface area (Å²) in [5.41, 5.74) is 6.01. The van der Waals surface area contributed by atoms with Gasteiger partial charge in [0.15, 0.2) is 0 Å². The Balaban J connectivity index is 3.10. The summed E-state index contributed by atoms with van der Waals surface area (Å²) < 4.78 is 0. The molecule has 0 saturated heterocycles. The van der Waals surface area contributed by atoms with Crippen molar-refractivity contribution < 1.29 is 14.7 Å². The highest BCUT2D eigenvalue weighted by Crippen LogP contribution is 2.13. The highest BCUT2D eigenvalue weighted by atomic mass is 16.2. The highest BCUT2D eigenvalue weighted by Gasteiger charge is 2.27. The fourth-order valence-electron chi connectivity index (χ4n) is 1.59. The quantitative estimate of drug-likeness (QED) is 0.713. The van der Waals surface area contributed by atoms with Crippen LogP contribution in [0, 0.1) is 18.8 Å². The molecule has 1 rings (SSSR count). The van der Waals surface area contributed by atoms with Crippen LogP contribution in [0.3, 0.4) is 0 Å². The zero-order chi connectivity index (χ0) is 16.0. The zero-order valence-electron chi connectivity index (χ0n) is 12.5. The fourth-order valence-corrected chi connectivity index (χ4v) is 1.59. The first-order valence-corrected chi connectivity index (χ1v) is 6.60. The second-order valence-corrected chi connectivity index (χ2v) is 5.27. The summed E-state index contributed by atoms with van der Waals surface area (Å²) in [5.74, 6) is 4.63. The van der Waals surface area contributed by atoms with E-state index >= 15 is 0 Å². The Labute approximate surface area is 124 Å². The molecule has 0 spiro atoms. The Morgan fingerprint density at radius 3 is 2.62 bits per heavy atom. The van der Waals surface area contributed by atoms with Gasteiger partial charge in [-0.1, -0.05) is 17.9 Å². The number of carbonyl (C=O) groups excluding carboxylic acids is 2. The van der Waals surface area contributed by atoms with Crippen LogP contribution in [0.5, 0.6) is 0 Å². The Kier molecular flexibility index (Phi) is 5.51. The van der Waals surface area contributed by atoms with E-state index in [4.69, 9.17) is 10.8 Å². The third-order valence-electron chi connectivity index (χ3n) is 2.92. The van der Waals surface area contributed by atoms with Gasteiger partial charge in [-0.2, -0.15) is 0 Å². The topological polar surface area (TPSA) is 92.4 Å². The number of carbonyl (C=O) groups is 2. The highest BCUT2D eigenvalue weighted by molar-refractivity contribution is 6.00. The third-order valence-corrected chi connectivity index (χ3v) is 2.92. The van der Waals surface area contributed by atoms with Gasteiger partial charge in [0.1, 0.15) is 5.54 Å². The van der Waals surface area contributed by atoms with Crippen LogP contribution in [-0.2, 0) is 4.79 Å². The van der Waals surface area contributed by atoms with E-state index in [1.807, 2.05) is 6.92 Å². The van der Waals surface area contributed by atoms with Crippen molar-refractivity contribution in [2.24, 2.45) is 5.73 Å². The number of benzene rings is 1. The van der Waals surface area contributed by atoms with Crippen LogP contribution < -0.4 is 11.1 Å². The number of hydrogen-bond acceptors (Lipinski definition) is 3. The number of amides is 2. The molecule has 1 aromatic rings. The van der Waals surface area contributed by atoms with Gasteiger partial charge in [-0.15, -0.1) is 0 Å². The van der Waals surface area contributed by atoms with Crippen LogP contribution in [0.25, 0.3) is 0 Å². The number of aliphatic hydroxyl groups is 1. The fraction of sp³-hybridized carbons (Fsp3) is 0.375. The lowest BCUT2D eigenvalue weighted by atomic mass is 10.0. The van der Waals surface area contributed by atoms with Crippen molar-refractivity contribution in [3.63, 3.8) is 0 Å². The molecule has 0 aliphatic heterocycles. The Morgan fingerprint density at radius 1 is 1.38 bits per heavy atom. The molecular formula is C16H20N2O3. The maximum atomic E-state index is 12.3. The van der Waals surface area contributed by atoms with E-state index in [1.165, 1.54) is 0 Å². The minimum absolute atomic E-state index is 0.0327. The van der Waals surface area contributed by atoms with Gasteiger partial charge in [-0.05, 0) is 38.5 Å². The molecule has 0 saturated carbocycles. The lowest BCUT2D eigenvalue weighted by Crippen LogP contribution is -2.53. The van der Waals surface area contributed by atoms with Gasteiger partial charge < -0.3 is 16.2 Å². The van der Waals surface area contributed by atoms with Crippen LogP contribution in [0.4, 0.5) is 0 Å². The third kappa shape index (κ3) is 4.62. The molecule has 1 aromatic carbocycles. The molecular weight excluding hydrogens is 268 g/mol. The summed E-state index contributed by atoms with van der Waals surface area (Å²) in [6.45, 7) is 4.94. The van der Waals surface area contributed by atoms with Gasteiger partial charge in [-0.3, -0.25) is 9.59 Å². The van der Waals surface area contributed by atoms with E-state index in [0.717, 1.165) is 5.56 Å². The minimum atomic E-state index is -1.14. The van der Waals surface area contributed by atoms with Gasteiger partial charge in [0, 0.05) is 12.0 Å². The molecule has 0 heterocycles. The summed E-state index contributed by atoms with van der Waals surface area (Å²) in [7, 11) is 0. The van der Waals surface area contributed by atoms with Crippen LogP contribution >= 0.6 is 0 Å². The summed E-state index contributed by atoms with van der Waals surface area (Å²) in [6.07, 6.45) is 0.335. The van der Waals surface area contributed by atoms with Crippen LogP contribution in [-0.4, -0.2) is 29.1 Å². The minimum Gasteiger partial charge on any atom is -0.395 e. The predicted octanol–water partition coefficient (Wildman–Crippen LogP) is 0.723. The molecule has 5 heteroatoms. The maximum absolute atomic E-state index is 12.3. The van der Waals surface area contributed by atoms with Crippen molar-refractivity contribution in [2.45, 2.75) is 32.7 Å². The Morgan fingerprint density at radius 2 is 2.05 bits per heavy atom.